The Kier molecular flexibility index (Phi) is 5.76. The van der Waals surface area contributed by atoms with Crippen LogP contribution in [0.15, 0.2) is 30.3 Å². The van der Waals surface area contributed by atoms with Crippen molar-refractivity contribution in [1.29, 1.82) is 0 Å². The number of hydrogen-bond donors (Lipinski definition) is 3. The van der Waals surface area contributed by atoms with Crippen molar-refractivity contribution in [3.8, 4) is 0 Å². The second kappa shape index (κ2) is 7.11. The molecule has 0 saturated heterocycles. The van der Waals surface area contributed by atoms with Crippen LogP contribution >= 0.6 is 0 Å². The van der Waals surface area contributed by atoms with Crippen LogP contribution in [0.3, 0.4) is 0 Å². The summed E-state index contributed by atoms with van der Waals surface area (Å²) in [5.74, 6) is -0.679. The van der Waals surface area contributed by atoms with E-state index in [2.05, 4.69) is 38.3 Å². The first kappa shape index (κ1) is 17.0. The summed E-state index contributed by atoms with van der Waals surface area (Å²) in [6, 6.07) is 7.12. The summed E-state index contributed by atoms with van der Waals surface area (Å²) in [6.07, 6.45) is 0. The number of carbonyl (C=O) groups is 2. The Morgan fingerprint density at radius 1 is 1.19 bits per heavy atom. The minimum atomic E-state index is -1.08. The summed E-state index contributed by atoms with van der Waals surface area (Å²) >= 11 is 0. The van der Waals surface area contributed by atoms with E-state index < -0.39 is 18.0 Å². The molecule has 0 aliphatic rings. The molecule has 5 heteroatoms. The van der Waals surface area contributed by atoms with E-state index in [1.165, 1.54) is 0 Å². The number of amides is 2. The highest BCUT2D eigenvalue weighted by molar-refractivity contribution is 5.83. The van der Waals surface area contributed by atoms with Crippen molar-refractivity contribution in [2.45, 2.75) is 33.7 Å². The number of benzene rings is 1. The maximum absolute atomic E-state index is 11.9. The van der Waals surface area contributed by atoms with Gasteiger partial charge in [-0.05, 0) is 16.9 Å². The van der Waals surface area contributed by atoms with E-state index in [0.29, 0.717) is 18.0 Å². The molecule has 0 spiro atoms. The van der Waals surface area contributed by atoms with Gasteiger partial charge >= 0.3 is 12.0 Å². The molecular formula is C16H24N2O3. The summed E-state index contributed by atoms with van der Waals surface area (Å²) in [5, 5.41) is 14.5. The van der Waals surface area contributed by atoms with E-state index in [9.17, 15) is 14.7 Å². The minimum absolute atomic E-state index is 0.0528. The average molecular weight is 292 g/mol. The normalized spacial score (nSPS) is 12.8. The Bertz CT molecular complexity index is 484. The molecule has 0 fully saturated rings. The van der Waals surface area contributed by atoms with Crippen LogP contribution in [0.5, 0.6) is 0 Å². The van der Waals surface area contributed by atoms with Crippen LogP contribution in [-0.4, -0.2) is 23.7 Å². The van der Waals surface area contributed by atoms with Gasteiger partial charge in [0.2, 0.25) is 0 Å². The molecule has 0 aromatic heterocycles. The average Bonchev–Trinajstić information content (AvgIpc) is 2.43. The molecule has 3 N–H and O–H groups in total. The van der Waals surface area contributed by atoms with Gasteiger partial charge in [0, 0.05) is 6.54 Å². The highest BCUT2D eigenvalue weighted by atomic mass is 16.4. The largest absolute Gasteiger partial charge is 0.479 e. The third-order valence-corrected chi connectivity index (χ3v) is 3.92. The highest BCUT2D eigenvalue weighted by Crippen LogP contribution is 2.24. The first-order valence-corrected chi connectivity index (χ1v) is 7.06. The molecule has 1 aromatic carbocycles. The lowest BCUT2D eigenvalue weighted by atomic mass is 9.81. The zero-order chi connectivity index (χ0) is 16.0. The van der Waals surface area contributed by atoms with Crippen LogP contribution in [0.4, 0.5) is 4.79 Å². The number of carbonyl (C=O) groups excluding carboxylic acids is 1. The zero-order valence-corrected chi connectivity index (χ0v) is 13.0. The smallest absolute Gasteiger partial charge is 0.330 e. The first-order chi connectivity index (χ1) is 9.74. The van der Waals surface area contributed by atoms with Crippen molar-refractivity contribution in [3.05, 3.63) is 35.9 Å². The van der Waals surface area contributed by atoms with E-state index in [4.69, 9.17) is 0 Å². The fraction of sp³-hybridized carbons (Fsp3) is 0.500. The molecule has 0 saturated carbocycles. The number of nitrogens with one attached hydrogen (secondary N) is 2. The van der Waals surface area contributed by atoms with E-state index in [1.807, 2.05) is 0 Å². The SMILES string of the molecule is CC(C)C(C)(C)CNC(=O)N[C@@H](C(=O)O)c1ccccc1. The molecule has 116 valence electrons. The van der Waals surface area contributed by atoms with E-state index in [1.54, 1.807) is 30.3 Å². The third kappa shape index (κ3) is 5.10. The van der Waals surface area contributed by atoms with Gasteiger partial charge in [-0.1, -0.05) is 58.0 Å². The quantitative estimate of drug-likeness (QED) is 0.754. The van der Waals surface area contributed by atoms with E-state index >= 15 is 0 Å². The number of carboxylic acid groups (broad SMARTS) is 1. The number of carboxylic acids is 1. The molecule has 1 aromatic rings. The van der Waals surface area contributed by atoms with Crippen molar-refractivity contribution in [2.75, 3.05) is 6.54 Å². The van der Waals surface area contributed by atoms with Gasteiger partial charge in [0.1, 0.15) is 0 Å². The topological polar surface area (TPSA) is 78.4 Å². The molecule has 5 nitrogen and oxygen atoms in total. The second-order valence-corrected chi connectivity index (χ2v) is 6.15. The van der Waals surface area contributed by atoms with Crippen LogP contribution < -0.4 is 10.6 Å². The van der Waals surface area contributed by atoms with Gasteiger partial charge in [0.25, 0.3) is 0 Å². The van der Waals surface area contributed by atoms with Crippen molar-refractivity contribution in [3.63, 3.8) is 0 Å². The van der Waals surface area contributed by atoms with Crippen molar-refractivity contribution in [1.82, 2.24) is 10.6 Å². The van der Waals surface area contributed by atoms with Crippen LogP contribution in [0.2, 0.25) is 0 Å². The zero-order valence-electron chi connectivity index (χ0n) is 13.0. The maximum atomic E-state index is 11.9. The second-order valence-electron chi connectivity index (χ2n) is 6.15. The van der Waals surface area contributed by atoms with Gasteiger partial charge in [-0.25, -0.2) is 9.59 Å². The Labute approximate surface area is 125 Å². The molecule has 0 unspecified atom stereocenters. The molecule has 0 radical (unpaired) electrons. The van der Waals surface area contributed by atoms with Gasteiger partial charge in [-0.3, -0.25) is 0 Å². The molecule has 21 heavy (non-hydrogen) atoms. The Morgan fingerprint density at radius 2 is 1.76 bits per heavy atom. The van der Waals surface area contributed by atoms with Crippen LogP contribution in [0, 0.1) is 11.3 Å². The monoisotopic (exact) mass is 292 g/mol. The van der Waals surface area contributed by atoms with Crippen molar-refractivity contribution in [2.24, 2.45) is 11.3 Å². The van der Waals surface area contributed by atoms with E-state index in [0.717, 1.165) is 0 Å². The van der Waals surface area contributed by atoms with Gasteiger partial charge in [0.05, 0.1) is 0 Å². The van der Waals surface area contributed by atoms with Crippen molar-refractivity contribution >= 4 is 12.0 Å². The minimum Gasteiger partial charge on any atom is -0.479 e. The number of urea groups is 1. The Balaban J connectivity index is 2.65. The van der Waals surface area contributed by atoms with Gasteiger partial charge < -0.3 is 15.7 Å². The van der Waals surface area contributed by atoms with E-state index in [-0.39, 0.29) is 5.41 Å². The molecule has 0 aliphatic heterocycles. The lowest BCUT2D eigenvalue weighted by Gasteiger charge is -2.29. The highest BCUT2D eigenvalue weighted by Gasteiger charge is 2.25. The summed E-state index contributed by atoms with van der Waals surface area (Å²) in [4.78, 5) is 23.2. The third-order valence-electron chi connectivity index (χ3n) is 3.92. The summed E-state index contributed by atoms with van der Waals surface area (Å²) in [6.45, 7) is 8.78. The molecule has 1 rings (SSSR count). The van der Waals surface area contributed by atoms with Crippen LogP contribution in [0.1, 0.15) is 39.3 Å². The molecule has 0 bridgehead atoms. The van der Waals surface area contributed by atoms with Gasteiger partial charge in [0.15, 0.2) is 6.04 Å². The predicted molar refractivity (Wildman–Crippen MR) is 82.0 cm³/mol. The fourth-order valence-electron chi connectivity index (χ4n) is 1.63. The van der Waals surface area contributed by atoms with Crippen LogP contribution in [-0.2, 0) is 4.79 Å². The van der Waals surface area contributed by atoms with Crippen LogP contribution in [0.25, 0.3) is 0 Å². The molecule has 1 atom stereocenters. The van der Waals surface area contributed by atoms with Crippen molar-refractivity contribution < 1.29 is 14.7 Å². The number of hydrogen-bond acceptors (Lipinski definition) is 2. The first-order valence-electron chi connectivity index (χ1n) is 7.06. The predicted octanol–water partition coefficient (Wildman–Crippen LogP) is 2.79. The van der Waals surface area contributed by atoms with Gasteiger partial charge in [-0.2, -0.15) is 0 Å². The van der Waals surface area contributed by atoms with Gasteiger partial charge in [-0.15, -0.1) is 0 Å². The summed E-state index contributed by atoms with van der Waals surface area (Å²) in [7, 11) is 0. The summed E-state index contributed by atoms with van der Waals surface area (Å²) in [5.41, 5.74) is 0.492. The molecular weight excluding hydrogens is 268 g/mol. The summed E-state index contributed by atoms with van der Waals surface area (Å²) < 4.78 is 0. The molecule has 0 heterocycles. The Hall–Kier alpha value is -2.04. The fourth-order valence-corrected chi connectivity index (χ4v) is 1.63. The lowest BCUT2D eigenvalue weighted by Crippen LogP contribution is -2.45. The molecule has 0 aliphatic carbocycles. The Morgan fingerprint density at radius 3 is 2.24 bits per heavy atom. The number of rotatable bonds is 6. The number of aliphatic carboxylic acids is 1. The maximum Gasteiger partial charge on any atom is 0.330 e. The molecule has 2 amide bonds. The lowest BCUT2D eigenvalue weighted by molar-refractivity contribution is -0.139. The standard InChI is InChI=1S/C16H24N2O3/c1-11(2)16(3,4)10-17-15(21)18-13(14(19)20)12-8-6-5-7-9-12/h5-9,11,13H,10H2,1-4H3,(H,19,20)(H2,17,18,21)/t13-/m1/s1.